The van der Waals surface area contributed by atoms with E-state index in [1.807, 2.05) is 0 Å². The SMILES string of the molecule is CCOC(=O)CCC(=O)NCCc1ccc(S(N)(=O)=O)cc1. The molecule has 0 spiro atoms. The van der Waals surface area contributed by atoms with Gasteiger partial charge >= 0.3 is 5.97 Å². The molecule has 1 aromatic carbocycles. The molecule has 0 aliphatic rings. The highest BCUT2D eigenvalue weighted by Gasteiger charge is 2.08. The standard InChI is InChI=1S/C14H20N2O5S/c1-2-21-14(18)8-7-13(17)16-10-9-11-3-5-12(6-4-11)22(15,19)20/h3-6H,2,7-10H2,1H3,(H,16,17)(H2,15,19,20). The van der Waals surface area contributed by atoms with Crippen LogP contribution in [-0.2, 0) is 30.8 Å². The normalized spacial score (nSPS) is 11.0. The number of hydrogen-bond acceptors (Lipinski definition) is 5. The third-order valence-electron chi connectivity index (χ3n) is 2.85. The Balaban J connectivity index is 2.32. The lowest BCUT2D eigenvalue weighted by atomic mass is 10.1. The van der Waals surface area contributed by atoms with E-state index in [4.69, 9.17) is 9.88 Å². The van der Waals surface area contributed by atoms with Gasteiger partial charge in [0.05, 0.1) is 17.9 Å². The van der Waals surface area contributed by atoms with Crippen LogP contribution in [0, 0.1) is 0 Å². The monoisotopic (exact) mass is 328 g/mol. The highest BCUT2D eigenvalue weighted by molar-refractivity contribution is 7.89. The van der Waals surface area contributed by atoms with Crippen molar-refractivity contribution >= 4 is 21.9 Å². The fourth-order valence-electron chi connectivity index (χ4n) is 1.73. The van der Waals surface area contributed by atoms with Gasteiger partial charge in [0.2, 0.25) is 15.9 Å². The maximum atomic E-state index is 11.5. The topological polar surface area (TPSA) is 116 Å². The zero-order valence-electron chi connectivity index (χ0n) is 12.4. The molecular weight excluding hydrogens is 308 g/mol. The van der Waals surface area contributed by atoms with Gasteiger partial charge in [0.15, 0.2) is 0 Å². The Bertz CT molecular complexity index is 611. The smallest absolute Gasteiger partial charge is 0.306 e. The molecule has 7 nitrogen and oxygen atoms in total. The molecule has 0 radical (unpaired) electrons. The lowest BCUT2D eigenvalue weighted by Gasteiger charge is -2.06. The van der Waals surface area contributed by atoms with Crippen molar-refractivity contribution in [2.24, 2.45) is 5.14 Å². The number of nitrogens with one attached hydrogen (secondary N) is 1. The molecule has 22 heavy (non-hydrogen) atoms. The summed E-state index contributed by atoms with van der Waals surface area (Å²) in [5.74, 6) is -0.620. The summed E-state index contributed by atoms with van der Waals surface area (Å²) >= 11 is 0. The van der Waals surface area contributed by atoms with Gasteiger partial charge in [0.25, 0.3) is 0 Å². The molecule has 0 aliphatic heterocycles. The van der Waals surface area contributed by atoms with Crippen LogP contribution in [0.3, 0.4) is 0 Å². The highest BCUT2D eigenvalue weighted by Crippen LogP contribution is 2.08. The van der Waals surface area contributed by atoms with E-state index in [-0.39, 0.29) is 23.6 Å². The number of carbonyl (C=O) groups excluding carboxylic acids is 2. The van der Waals surface area contributed by atoms with Gasteiger partial charge in [-0.15, -0.1) is 0 Å². The Morgan fingerprint density at radius 3 is 2.36 bits per heavy atom. The maximum absolute atomic E-state index is 11.5. The first-order valence-electron chi connectivity index (χ1n) is 6.87. The summed E-state index contributed by atoms with van der Waals surface area (Å²) in [5, 5.41) is 7.69. The van der Waals surface area contributed by atoms with Crippen LogP contribution in [0.5, 0.6) is 0 Å². The highest BCUT2D eigenvalue weighted by atomic mass is 32.2. The van der Waals surface area contributed by atoms with E-state index in [0.29, 0.717) is 19.6 Å². The molecule has 8 heteroatoms. The van der Waals surface area contributed by atoms with Gasteiger partial charge in [-0.1, -0.05) is 12.1 Å². The van der Waals surface area contributed by atoms with Crippen molar-refractivity contribution in [3.63, 3.8) is 0 Å². The van der Waals surface area contributed by atoms with Crippen molar-refractivity contribution in [2.75, 3.05) is 13.2 Å². The second-order valence-corrected chi connectivity index (χ2v) is 6.16. The first-order valence-corrected chi connectivity index (χ1v) is 8.41. The van der Waals surface area contributed by atoms with E-state index in [0.717, 1.165) is 5.56 Å². The number of ether oxygens (including phenoxy) is 1. The number of primary sulfonamides is 1. The molecule has 0 aliphatic carbocycles. The van der Waals surface area contributed by atoms with Crippen molar-refractivity contribution in [1.29, 1.82) is 0 Å². The number of nitrogens with two attached hydrogens (primary N) is 1. The number of amides is 1. The van der Waals surface area contributed by atoms with Crippen molar-refractivity contribution < 1.29 is 22.7 Å². The quantitative estimate of drug-likeness (QED) is 0.667. The molecule has 3 N–H and O–H groups in total. The minimum Gasteiger partial charge on any atom is -0.466 e. The van der Waals surface area contributed by atoms with Crippen molar-refractivity contribution in [1.82, 2.24) is 5.32 Å². The fraction of sp³-hybridized carbons (Fsp3) is 0.429. The third-order valence-corrected chi connectivity index (χ3v) is 3.78. The number of hydrogen-bond donors (Lipinski definition) is 2. The molecule has 0 fully saturated rings. The van der Waals surface area contributed by atoms with Gasteiger partial charge in [0, 0.05) is 13.0 Å². The summed E-state index contributed by atoms with van der Waals surface area (Å²) in [6.07, 6.45) is 0.696. The van der Waals surface area contributed by atoms with Crippen molar-refractivity contribution in [3.05, 3.63) is 29.8 Å². The van der Waals surface area contributed by atoms with E-state index in [9.17, 15) is 18.0 Å². The van der Waals surface area contributed by atoms with Crippen LogP contribution in [0.25, 0.3) is 0 Å². The minimum atomic E-state index is -3.69. The lowest BCUT2D eigenvalue weighted by molar-refractivity contribution is -0.144. The largest absolute Gasteiger partial charge is 0.466 e. The molecule has 1 aromatic rings. The number of carbonyl (C=O) groups is 2. The molecule has 0 bridgehead atoms. The molecular formula is C14H20N2O5S. The first kappa shape index (κ1) is 18.1. The average Bonchev–Trinajstić information content (AvgIpc) is 2.45. The summed E-state index contributed by atoms with van der Waals surface area (Å²) in [6, 6.07) is 6.13. The van der Waals surface area contributed by atoms with Crippen LogP contribution in [0.2, 0.25) is 0 Å². The lowest BCUT2D eigenvalue weighted by Crippen LogP contribution is -2.26. The van der Waals surface area contributed by atoms with Gasteiger partial charge in [-0.3, -0.25) is 9.59 Å². The number of sulfonamides is 1. The van der Waals surface area contributed by atoms with E-state index in [1.165, 1.54) is 12.1 Å². The van der Waals surface area contributed by atoms with E-state index < -0.39 is 16.0 Å². The van der Waals surface area contributed by atoms with Crippen LogP contribution < -0.4 is 10.5 Å². The van der Waals surface area contributed by atoms with Crippen molar-refractivity contribution in [2.45, 2.75) is 31.1 Å². The third kappa shape index (κ3) is 6.68. The van der Waals surface area contributed by atoms with Crippen LogP contribution in [0.15, 0.2) is 29.2 Å². The predicted molar refractivity (Wildman–Crippen MR) is 80.4 cm³/mol. The molecule has 0 atom stereocenters. The van der Waals surface area contributed by atoms with Crippen LogP contribution in [0.1, 0.15) is 25.3 Å². The average molecular weight is 328 g/mol. The summed E-state index contributed by atoms with van der Waals surface area (Å²) in [7, 11) is -3.69. The second kappa shape index (κ2) is 8.50. The van der Waals surface area contributed by atoms with Crippen LogP contribution in [-0.4, -0.2) is 33.4 Å². The minimum absolute atomic E-state index is 0.0507. The van der Waals surface area contributed by atoms with Gasteiger partial charge in [-0.25, -0.2) is 13.6 Å². The van der Waals surface area contributed by atoms with Crippen LogP contribution in [0.4, 0.5) is 0 Å². The van der Waals surface area contributed by atoms with Crippen molar-refractivity contribution in [3.8, 4) is 0 Å². The second-order valence-electron chi connectivity index (χ2n) is 4.59. The first-order chi connectivity index (χ1) is 10.3. The van der Waals surface area contributed by atoms with E-state index >= 15 is 0 Å². The fourth-order valence-corrected chi connectivity index (χ4v) is 2.24. The molecule has 0 unspecified atom stereocenters. The Morgan fingerprint density at radius 1 is 1.18 bits per heavy atom. The van der Waals surface area contributed by atoms with E-state index in [2.05, 4.69) is 5.32 Å². The number of esters is 1. The Morgan fingerprint density at radius 2 is 1.82 bits per heavy atom. The molecule has 0 heterocycles. The predicted octanol–water partition coefficient (Wildman–Crippen LogP) is 0.336. The van der Waals surface area contributed by atoms with Gasteiger partial charge in [0.1, 0.15) is 0 Å². The van der Waals surface area contributed by atoms with Gasteiger partial charge < -0.3 is 10.1 Å². The molecule has 0 saturated carbocycles. The zero-order valence-corrected chi connectivity index (χ0v) is 13.2. The number of rotatable bonds is 8. The number of benzene rings is 1. The van der Waals surface area contributed by atoms with Gasteiger partial charge in [-0.2, -0.15) is 0 Å². The molecule has 0 saturated heterocycles. The maximum Gasteiger partial charge on any atom is 0.306 e. The van der Waals surface area contributed by atoms with Gasteiger partial charge in [-0.05, 0) is 31.0 Å². The Hall–Kier alpha value is -1.93. The van der Waals surface area contributed by atoms with E-state index in [1.54, 1.807) is 19.1 Å². The molecule has 1 amide bonds. The molecule has 1 rings (SSSR count). The summed E-state index contributed by atoms with van der Waals surface area (Å²) in [6.45, 7) is 2.41. The summed E-state index contributed by atoms with van der Waals surface area (Å²) in [5.41, 5.74) is 0.873. The molecule has 122 valence electrons. The Labute approximate surface area is 129 Å². The summed E-state index contributed by atoms with van der Waals surface area (Å²) < 4.78 is 26.9. The Kier molecular flexibility index (Phi) is 7.00. The van der Waals surface area contributed by atoms with Crippen LogP contribution >= 0.6 is 0 Å². The zero-order chi connectivity index (χ0) is 16.6. The molecule has 0 aromatic heterocycles. The summed E-state index contributed by atoms with van der Waals surface area (Å²) in [4.78, 5) is 22.7.